The molecule has 51 heavy (non-hydrogen) atoms. The lowest BCUT2D eigenvalue weighted by Gasteiger charge is -2.12. The molecule has 4 nitrogen and oxygen atoms in total. The highest BCUT2D eigenvalue weighted by Crippen LogP contribution is 2.42. The fraction of sp³-hybridized carbons (Fsp3) is 0. The SMILES string of the molecule is c1ccc(-c2ccc(-c3nc(-c4ccccc4)cc(-c4ccc5nc(-c6cccc7ccccc67)c6c7ccccc7oc6c5c4)n3)cc2)cc1. The lowest BCUT2D eigenvalue weighted by Crippen LogP contribution is -1.96. The van der Waals surface area contributed by atoms with E-state index in [9.17, 15) is 0 Å². The maximum absolute atomic E-state index is 6.69. The molecule has 0 amide bonds. The van der Waals surface area contributed by atoms with Gasteiger partial charge in [-0.3, -0.25) is 0 Å². The first kappa shape index (κ1) is 29.0. The van der Waals surface area contributed by atoms with Crippen LogP contribution in [0.4, 0.5) is 0 Å². The molecule has 0 saturated carbocycles. The first-order chi connectivity index (χ1) is 25.3. The molecular formula is C47H29N3O. The number of benzene rings is 7. The van der Waals surface area contributed by atoms with Crippen molar-refractivity contribution < 1.29 is 4.42 Å². The van der Waals surface area contributed by atoms with Crippen LogP contribution in [-0.4, -0.2) is 15.0 Å². The van der Waals surface area contributed by atoms with Crippen molar-refractivity contribution >= 4 is 43.6 Å². The summed E-state index contributed by atoms with van der Waals surface area (Å²) in [6, 6.07) is 60.7. The zero-order valence-electron chi connectivity index (χ0n) is 27.5. The average Bonchev–Trinajstić information content (AvgIpc) is 3.61. The highest BCUT2D eigenvalue weighted by Gasteiger charge is 2.20. The van der Waals surface area contributed by atoms with Crippen molar-refractivity contribution in [1.29, 1.82) is 0 Å². The molecule has 10 aromatic rings. The predicted octanol–water partition coefficient (Wildman–Crippen LogP) is 12.4. The normalized spacial score (nSPS) is 11.5. The molecule has 0 radical (unpaired) electrons. The number of nitrogens with zero attached hydrogens (tertiary/aromatic N) is 3. The van der Waals surface area contributed by atoms with Crippen LogP contribution in [0.5, 0.6) is 0 Å². The molecule has 7 aromatic carbocycles. The van der Waals surface area contributed by atoms with Crippen molar-refractivity contribution in [3.63, 3.8) is 0 Å². The first-order valence-corrected chi connectivity index (χ1v) is 17.1. The Bertz CT molecular complexity index is 2890. The molecule has 238 valence electrons. The van der Waals surface area contributed by atoms with Gasteiger partial charge in [0.15, 0.2) is 5.82 Å². The summed E-state index contributed by atoms with van der Waals surface area (Å²) in [7, 11) is 0. The van der Waals surface area contributed by atoms with Crippen molar-refractivity contribution in [2.45, 2.75) is 0 Å². The second-order valence-electron chi connectivity index (χ2n) is 12.8. The molecule has 3 aromatic heterocycles. The average molecular weight is 652 g/mol. The van der Waals surface area contributed by atoms with Gasteiger partial charge >= 0.3 is 0 Å². The largest absolute Gasteiger partial charge is 0.455 e. The van der Waals surface area contributed by atoms with Crippen molar-refractivity contribution in [3.05, 3.63) is 176 Å². The van der Waals surface area contributed by atoms with Crippen molar-refractivity contribution in [2.24, 2.45) is 0 Å². The topological polar surface area (TPSA) is 51.8 Å². The highest BCUT2D eigenvalue weighted by atomic mass is 16.3. The van der Waals surface area contributed by atoms with Gasteiger partial charge in [0.05, 0.1) is 28.0 Å². The van der Waals surface area contributed by atoms with Gasteiger partial charge < -0.3 is 4.42 Å². The minimum absolute atomic E-state index is 0.671. The molecule has 3 heterocycles. The smallest absolute Gasteiger partial charge is 0.160 e. The Balaban J connectivity index is 1.17. The molecular weight excluding hydrogens is 623 g/mol. The van der Waals surface area contributed by atoms with Crippen LogP contribution in [0, 0.1) is 0 Å². The van der Waals surface area contributed by atoms with E-state index in [4.69, 9.17) is 19.4 Å². The summed E-state index contributed by atoms with van der Waals surface area (Å²) in [5, 5.41) is 5.34. The van der Waals surface area contributed by atoms with Gasteiger partial charge in [0.25, 0.3) is 0 Å². The summed E-state index contributed by atoms with van der Waals surface area (Å²) < 4.78 is 6.69. The van der Waals surface area contributed by atoms with E-state index in [1.54, 1.807) is 0 Å². The van der Waals surface area contributed by atoms with Crippen LogP contribution in [0.1, 0.15) is 0 Å². The van der Waals surface area contributed by atoms with Gasteiger partial charge in [-0.15, -0.1) is 0 Å². The summed E-state index contributed by atoms with van der Waals surface area (Å²) in [4.78, 5) is 15.6. The van der Waals surface area contributed by atoms with E-state index < -0.39 is 0 Å². The van der Waals surface area contributed by atoms with E-state index in [0.29, 0.717) is 5.82 Å². The molecule has 0 unspecified atom stereocenters. The molecule has 10 rings (SSSR count). The molecule has 0 aliphatic heterocycles. The van der Waals surface area contributed by atoms with Crippen molar-refractivity contribution in [3.8, 4) is 56.3 Å². The number of para-hydroxylation sites is 1. The van der Waals surface area contributed by atoms with Crippen LogP contribution >= 0.6 is 0 Å². The minimum Gasteiger partial charge on any atom is -0.455 e. The third kappa shape index (κ3) is 5.04. The molecule has 0 aliphatic carbocycles. The Kier molecular flexibility index (Phi) is 6.78. The zero-order valence-corrected chi connectivity index (χ0v) is 27.5. The number of hydrogen-bond donors (Lipinski definition) is 0. The van der Waals surface area contributed by atoms with Gasteiger partial charge in [-0.25, -0.2) is 15.0 Å². The standard InChI is InChI=1S/C47H29N3O/c1-3-12-30(13-4-1)31-22-24-34(25-23-31)47-49-41(33-15-5-2-6-16-33)29-42(50-47)35-26-27-40-39(28-35)46-44(38-19-9-10-21-43(38)51-46)45(48-40)37-20-11-17-32-14-7-8-18-36(32)37/h1-29H. The molecule has 0 atom stereocenters. The number of pyridine rings is 1. The third-order valence-electron chi connectivity index (χ3n) is 9.69. The fourth-order valence-electron chi connectivity index (χ4n) is 7.17. The van der Waals surface area contributed by atoms with Crippen LogP contribution in [0.3, 0.4) is 0 Å². The van der Waals surface area contributed by atoms with Crippen LogP contribution in [0.15, 0.2) is 180 Å². The Morgan fingerprint density at radius 1 is 0.392 bits per heavy atom. The quantitative estimate of drug-likeness (QED) is 0.186. The van der Waals surface area contributed by atoms with Gasteiger partial charge in [0.1, 0.15) is 11.2 Å². The van der Waals surface area contributed by atoms with Crippen molar-refractivity contribution in [2.75, 3.05) is 0 Å². The van der Waals surface area contributed by atoms with E-state index in [1.165, 1.54) is 10.9 Å². The lowest BCUT2D eigenvalue weighted by atomic mass is 9.97. The molecule has 4 heteroatoms. The van der Waals surface area contributed by atoms with Gasteiger partial charge in [-0.05, 0) is 46.2 Å². The summed E-state index contributed by atoms with van der Waals surface area (Å²) in [6.07, 6.45) is 0. The van der Waals surface area contributed by atoms with Crippen LogP contribution < -0.4 is 0 Å². The van der Waals surface area contributed by atoms with Gasteiger partial charge in [-0.2, -0.15) is 0 Å². The lowest BCUT2D eigenvalue weighted by molar-refractivity contribution is 0.672. The number of rotatable bonds is 5. The van der Waals surface area contributed by atoms with Crippen LogP contribution in [0.25, 0.3) is 99.9 Å². The highest BCUT2D eigenvalue weighted by molar-refractivity contribution is 6.21. The second-order valence-corrected chi connectivity index (χ2v) is 12.8. The number of fused-ring (bicyclic) bond motifs is 6. The molecule has 0 spiro atoms. The maximum atomic E-state index is 6.69. The Morgan fingerprint density at radius 2 is 1.00 bits per heavy atom. The monoisotopic (exact) mass is 651 g/mol. The Hall–Kier alpha value is -6.91. The van der Waals surface area contributed by atoms with Gasteiger partial charge in [0.2, 0.25) is 0 Å². The van der Waals surface area contributed by atoms with E-state index in [0.717, 1.165) is 83.1 Å². The van der Waals surface area contributed by atoms with Crippen molar-refractivity contribution in [1.82, 2.24) is 15.0 Å². The van der Waals surface area contributed by atoms with E-state index >= 15 is 0 Å². The van der Waals surface area contributed by atoms with Crippen LogP contribution in [-0.2, 0) is 0 Å². The Labute approximate surface area is 294 Å². The molecule has 0 saturated heterocycles. The first-order valence-electron chi connectivity index (χ1n) is 17.1. The van der Waals surface area contributed by atoms with E-state index in [2.05, 4.69) is 140 Å². The van der Waals surface area contributed by atoms with Gasteiger partial charge in [-0.1, -0.05) is 152 Å². The second kappa shape index (κ2) is 11.9. The molecule has 0 aliphatic rings. The number of furan rings is 1. The molecule has 0 bridgehead atoms. The zero-order chi connectivity index (χ0) is 33.7. The van der Waals surface area contributed by atoms with Gasteiger partial charge in [0, 0.05) is 33.0 Å². The number of hydrogen-bond acceptors (Lipinski definition) is 4. The molecule has 0 fully saturated rings. The summed E-state index contributed by atoms with van der Waals surface area (Å²) >= 11 is 0. The summed E-state index contributed by atoms with van der Waals surface area (Å²) in [5.74, 6) is 0.671. The predicted molar refractivity (Wildman–Crippen MR) is 209 cm³/mol. The molecule has 0 N–H and O–H groups in total. The third-order valence-corrected chi connectivity index (χ3v) is 9.69. The summed E-state index contributed by atoms with van der Waals surface area (Å²) in [5.41, 5.74) is 11.5. The maximum Gasteiger partial charge on any atom is 0.160 e. The minimum atomic E-state index is 0.671. The fourth-order valence-corrected chi connectivity index (χ4v) is 7.17. The van der Waals surface area contributed by atoms with Crippen LogP contribution in [0.2, 0.25) is 0 Å². The summed E-state index contributed by atoms with van der Waals surface area (Å²) in [6.45, 7) is 0. The van der Waals surface area contributed by atoms with E-state index in [-0.39, 0.29) is 0 Å². The Morgan fingerprint density at radius 3 is 1.80 bits per heavy atom. The van der Waals surface area contributed by atoms with E-state index in [1.807, 2.05) is 36.4 Å². The number of aromatic nitrogens is 3.